The molecule has 0 heterocycles. The van der Waals surface area contributed by atoms with E-state index in [9.17, 15) is 14.3 Å². The first kappa shape index (κ1) is 20.1. The zero-order valence-electron chi connectivity index (χ0n) is 15.5. The molecule has 0 aliphatic carbocycles. The fraction of sp³-hybridized carbons (Fsp3) is 0.381. The van der Waals surface area contributed by atoms with E-state index in [0.29, 0.717) is 17.9 Å². The molecule has 4 nitrogen and oxygen atoms in total. The molecule has 2 aromatic rings. The number of hydrogen-bond acceptors (Lipinski definition) is 4. The van der Waals surface area contributed by atoms with Gasteiger partial charge in [0.15, 0.2) is 5.78 Å². The van der Waals surface area contributed by atoms with E-state index in [1.54, 1.807) is 36.4 Å². The summed E-state index contributed by atoms with van der Waals surface area (Å²) in [6.07, 6.45) is -0.662. The number of halogens is 1. The normalized spacial score (nSPS) is 13.5. The summed E-state index contributed by atoms with van der Waals surface area (Å²) < 4.78 is 18.7. The first-order chi connectivity index (χ1) is 12.4. The van der Waals surface area contributed by atoms with Gasteiger partial charge in [0.2, 0.25) is 0 Å². The minimum absolute atomic E-state index is 0.00459. The van der Waals surface area contributed by atoms with E-state index >= 15 is 0 Å². The van der Waals surface area contributed by atoms with Crippen molar-refractivity contribution >= 4 is 5.78 Å². The Bertz CT molecular complexity index is 700. The van der Waals surface area contributed by atoms with E-state index in [2.05, 4.69) is 4.90 Å². The molecule has 0 saturated carbocycles. The summed E-state index contributed by atoms with van der Waals surface area (Å²) in [7, 11) is 0. The number of benzene rings is 2. The Morgan fingerprint density at radius 2 is 1.77 bits per heavy atom. The minimum Gasteiger partial charge on any atom is -0.491 e. The molecule has 2 atom stereocenters. The standard InChI is InChI=1S/C21H26FNO3/c1-4-23(15(2)17-5-9-19(22)10-6-17)13-20(25)14-26-21-11-7-18(8-12-21)16(3)24/h5-12,15,20,25H,4,13-14H2,1-3H3. The molecule has 0 spiro atoms. The zero-order chi connectivity index (χ0) is 19.1. The van der Waals surface area contributed by atoms with Crippen molar-refractivity contribution < 1.29 is 19.0 Å². The van der Waals surface area contributed by atoms with Crippen molar-refractivity contribution in [2.75, 3.05) is 19.7 Å². The van der Waals surface area contributed by atoms with Crippen LogP contribution in [-0.2, 0) is 0 Å². The summed E-state index contributed by atoms with van der Waals surface area (Å²) in [5.41, 5.74) is 1.63. The molecule has 0 bridgehead atoms. The van der Waals surface area contributed by atoms with Gasteiger partial charge in [0.1, 0.15) is 24.3 Å². The zero-order valence-corrected chi connectivity index (χ0v) is 15.5. The number of likely N-dealkylation sites (N-methyl/N-ethyl adjacent to an activating group) is 1. The van der Waals surface area contributed by atoms with Gasteiger partial charge in [0.25, 0.3) is 0 Å². The Balaban J connectivity index is 1.88. The summed E-state index contributed by atoms with van der Waals surface area (Å²) in [5.74, 6) is 0.363. The molecule has 2 unspecified atom stereocenters. The Hall–Kier alpha value is -2.24. The van der Waals surface area contributed by atoms with Crippen molar-refractivity contribution in [3.8, 4) is 5.75 Å². The second kappa shape index (κ2) is 9.46. The largest absolute Gasteiger partial charge is 0.491 e. The smallest absolute Gasteiger partial charge is 0.159 e. The third-order valence-corrected chi connectivity index (χ3v) is 4.45. The number of rotatable bonds is 9. The van der Waals surface area contributed by atoms with Crippen LogP contribution in [0.4, 0.5) is 4.39 Å². The van der Waals surface area contributed by atoms with E-state index < -0.39 is 6.10 Å². The Morgan fingerprint density at radius 1 is 1.15 bits per heavy atom. The van der Waals surface area contributed by atoms with Crippen molar-refractivity contribution in [2.24, 2.45) is 0 Å². The third-order valence-electron chi connectivity index (χ3n) is 4.45. The molecule has 26 heavy (non-hydrogen) atoms. The molecule has 0 amide bonds. The van der Waals surface area contributed by atoms with Gasteiger partial charge in [-0.25, -0.2) is 4.39 Å². The molecule has 0 aromatic heterocycles. The fourth-order valence-corrected chi connectivity index (χ4v) is 2.81. The number of aliphatic hydroxyl groups is 1. The van der Waals surface area contributed by atoms with E-state index in [4.69, 9.17) is 4.74 Å². The highest BCUT2D eigenvalue weighted by atomic mass is 19.1. The lowest BCUT2D eigenvalue weighted by atomic mass is 10.1. The summed E-state index contributed by atoms with van der Waals surface area (Å²) in [5, 5.41) is 10.3. The van der Waals surface area contributed by atoms with Crippen LogP contribution in [0.2, 0.25) is 0 Å². The van der Waals surface area contributed by atoms with Crippen molar-refractivity contribution in [2.45, 2.75) is 32.9 Å². The Morgan fingerprint density at radius 3 is 2.31 bits per heavy atom. The van der Waals surface area contributed by atoms with Gasteiger partial charge in [-0.1, -0.05) is 19.1 Å². The average molecular weight is 359 g/mol. The van der Waals surface area contributed by atoms with Crippen molar-refractivity contribution in [1.82, 2.24) is 4.90 Å². The average Bonchev–Trinajstić information content (AvgIpc) is 2.64. The van der Waals surface area contributed by atoms with Crippen LogP contribution in [-0.4, -0.2) is 41.6 Å². The molecule has 0 aliphatic heterocycles. The van der Waals surface area contributed by atoms with Crippen LogP contribution in [0.15, 0.2) is 48.5 Å². The van der Waals surface area contributed by atoms with Gasteiger partial charge in [-0.2, -0.15) is 0 Å². The lowest BCUT2D eigenvalue weighted by Gasteiger charge is -2.30. The first-order valence-corrected chi connectivity index (χ1v) is 8.82. The van der Waals surface area contributed by atoms with Gasteiger partial charge in [-0.3, -0.25) is 9.69 Å². The Labute approximate surface area is 154 Å². The summed E-state index contributed by atoms with van der Waals surface area (Å²) >= 11 is 0. The van der Waals surface area contributed by atoms with Crippen molar-refractivity contribution in [1.29, 1.82) is 0 Å². The lowest BCUT2D eigenvalue weighted by Crippen LogP contribution is -2.37. The number of carbonyl (C=O) groups excluding carboxylic acids is 1. The van der Waals surface area contributed by atoms with E-state index in [-0.39, 0.29) is 24.2 Å². The predicted molar refractivity (Wildman–Crippen MR) is 100 cm³/mol. The number of ether oxygens (including phenoxy) is 1. The quantitative estimate of drug-likeness (QED) is 0.691. The highest BCUT2D eigenvalue weighted by Gasteiger charge is 2.18. The molecular weight excluding hydrogens is 333 g/mol. The van der Waals surface area contributed by atoms with Gasteiger partial charge in [-0.15, -0.1) is 0 Å². The molecule has 140 valence electrons. The first-order valence-electron chi connectivity index (χ1n) is 8.82. The molecule has 0 saturated heterocycles. The number of hydrogen-bond donors (Lipinski definition) is 1. The second-order valence-corrected chi connectivity index (χ2v) is 6.36. The summed E-state index contributed by atoms with van der Waals surface area (Å²) in [4.78, 5) is 13.4. The molecule has 0 radical (unpaired) electrons. The topological polar surface area (TPSA) is 49.8 Å². The molecule has 1 N–H and O–H groups in total. The third kappa shape index (κ3) is 5.64. The number of ketones is 1. The molecule has 5 heteroatoms. The van der Waals surface area contributed by atoms with Crippen molar-refractivity contribution in [3.63, 3.8) is 0 Å². The molecule has 2 rings (SSSR count). The molecular formula is C21H26FNO3. The van der Waals surface area contributed by atoms with Gasteiger partial charge in [0, 0.05) is 18.2 Å². The number of nitrogens with zero attached hydrogens (tertiary/aromatic N) is 1. The number of carbonyl (C=O) groups is 1. The summed E-state index contributed by atoms with van der Waals surface area (Å²) in [6, 6.07) is 13.4. The van der Waals surface area contributed by atoms with Crippen LogP contribution < -0.4 is 4.74 Å². The highest BCUT2D eigenvalue weighted by molar-refractivity contribution is 5.94. The van der Waals surface area contributed by atoms with Crippen LogP contribution in [0.5, 0.6) is 5.75 Å². The van der Waals surface area contributed by atoms with Gasteiger partial charge in [0.05, 0.1) is 0 Å². The minimum atomic E-state index is -0.662. The maximum Gasteiger partial charge on any atom is 0.159 e. The van der Waals surface area contributed by atoms with Crippen LogP contribution >= 0.6 is 0 Å². The van der Waals surface area contributed by atoms with Crippen LogP contribution in [0, 0.1) is 5.82 Å². The van der Waals surface area contributed by atoms with Crippen LogP contribution in [0.3, 0.4) is 0 Å². The second-order valence-electron chi connectivity index (χ2n) is 6.36. The van der Waals surface area contributed by atoms with Crippen molar-refractivity contribution in [3.05, 3.63) is 65.5 Å². The molecule has 2 aromatic carbocycles. The SMILES string of the molecule is CCN(CC(O)COc1ccc(C(C)=O)cc1)C(C)c1ccc(F)cc1. The maximum absolute atomic E-state index is 13.1. The van der Waals surface area contributed by atoms with Crippen LogP contribution in [0.25, 0.3) is 0 Å². The fourth-order valence-electron chi connectivity index (χ4n) is 2.81. The Kier molecular flexibility index (Phi) is 7.30. The molecule has 0 fully saturated rings. The van der Waals surface area contributed by atoms with Crippen LogP contribution in [0.1, 0.15) is 42.7 Å². The number of aliphatic hydroxyl groups excluding tert-OH is 1. The van der Waals surface area contributed by atoms with Gasteiger partial charge >= 0.3 is 0 Å². The monoisotopic (exact) mass is 359 g/mol. The molecule has 0 aliphatic rings. The highest BCUT2D eigenvalue weighted by Crippen LogP contribution is 2.21. The van der Waals surface area contributed by atoms with Gasteiger partial charge in [-0.05, 0) is 62.4 Å². The van der Waals surface area contributed by atoms with E-state index in [1.165, 1.54) is 19.1 Å². The van der Waals surface area contributed by atoms with Gasteiger partial charge < -0.3 is 9.84 Å². The maximum atomic E-state index is 13.1. The van der Waals surface area contributed by atoms with E-state index in [0.717, 1.165) is 12.1 Å². The predicted octanol–water partition coefficient (Wildman–Crippen LogP) is 3.85. The number of Topliss-reactive ketones (excluding diaryl/α,β-unsaturated/α-hetero) is 1. The van der Waals surface area contributed by atoms with E-state index in [1.807, 2.05) is 13.8 Å². The lowest BCUT2D eigenvalue weighted by molar-refractivity contribution is 0.0568. The summed E-state index contributed by atoms with van der Waals surface area (Å²) in [6.45, 7) is 6.93.